The first-order chi connectivity index (χ1) is 26.5. The van der Waals surface area contributed by atoms with Gasteiger partial charge < -0.3 is 14.9 Å². The van der Waals surface area contributed by atoms with Crippen LogP contribution in [0, 0.1) is 35.5 Å². The zero-order valence-electron chi connectivity index (χ0n) is 31.5. The van der Waals surface area contributed by atoms with Crippen molar-refractivity contribution in [1.29, 1.82) is 0 Å². The maximum absolute atomic E-state index is 12.4. The van der Waals surface area contributed by atoms with E-state index >= 15 is 0 Å². The van der Waals surface area contributed by atoms with Gasteiger partial charge in [0.05, 0.1) is 16.1 Å². The summed E-state index contributed by atoms with van der Waals surface area (Å²) in [7, 11) is 1.66. The Morgan fingerprint density at radius 2 is 1.00 bits per heavy atom. The molecule has 6 aliphatic carbocycles. The summed E-state index contributed by atoms with van der Waals surface area (Å²) in [5.74, 6) is 3.26. The zero-order valence-corrected chi connectivity index (χ0v) is 37.8. The molecule has 6 nitrogen and oxygen atoms in total. The van der Waals surface area contributed by atoms with Crippen molar-refractivity contribution in [2.75, 3.05) is 7.11 Å². The van der Waals surface area contributed by atoms with E-state index in [4.69, 9.17) is 4.74 Å². The highest BCUT2D eigenvalue weighted by Gasteiger charge is 2.52. The van der Waals surface area contributed by atoms with Crippen LogP contribution in [-0.4, -0.2) is 43.3 Å². The van der Waals surface area contributed by atoms with Crippen molar-refractivity contribution in [3.63, 3.8) is 0 Å². The third-order valence-electron chi connectivity index (χ3n) is 12.2. The van der Waals surface area contributed by atoms with Gasteiger partial charge in [-0.25, -0.2) is 0 Å². The van der Waals surface area contributed by atoms with E-state index in [-0.39, 0.29) is 67.1 Å². The maximum Gasteiger partial charge on any atom is 0.173 e. The molecule has 3 saturated carbocycles. The second-order valence-electron chi connectivity index (χ2n) is 16.4. The summed E-state index contributed by atoms with van der Waals surface area (Å²) in [5.41, 5.74) is 7.75. The molecule has 6 aliphatic rings. The average molecular weight is 1010 g/mol. The number of phenolic OH excluding ortho intramolecular Hbond substituents is 2. The third-order valence-corrected chi connectivity index (χ3v) is 15.2. The summed E-state index contributed by atoms with van der Waals surface area (Å²) in [6.07, 6.45) is 7.33. The Labute approximate surface area is 362 Å². The number of fused-ring (bicyclic) bond motifs is 3. The van der Waals surface area contributed by atoms with Crippen LogP contribution in [0.4, 0.5) is 0 Å². The van der Waals surface area contributed by atoms with Crippen LogP contribution in [0.15, 0.2) is 100.0 Å². The second-order valence-corrected chi connectivity index (χ2v) is 21.9. The lowest BCUT2D eigenvalue weighted by Crippen LogP contribution is -2.14. The largest absolute Gasteiger partial charge is 0.508 e. The van der Waals surface area contributed by atoms with Crippen LogP contribution in [0.5, 0.6) is 17.2 Å². The fourth-order valence-electron chi connectivity index (χ4n) is 9.67. The van der Waals surface area contributed by atoms with E-state index in [1.165, 1.54) is 11.1 Å². The normalized spacial score (nSPS) is 31.4. The monoisotopic (exact) mass is 1010 g/mol. The Morgan fingerprint density at radius 1 is 0.607 bits per heavy atom. The first-order valence-corrected chi connectivity index (χ1v) is 22.0. The summed E-state index contributed by atoms with van der Waals surface area (Å²) < 4.78 is 6.69. The molecule has 292 valence electrons. The number of carbonyl (C=O) groups is 3. The molecule has 4 unspecified atom stereocenters. The second kappa shape index (κ2) is 16.0. The Hall–Kier alpha value is -3.05. The predicted octanol–water partition coefficient (Wildman–Crippen LogP) is 11.8. The van der Waals surface area contributed by atoms with E-state index < -0.39 is 0 Å². The van der Waals surface area contributed by atoms with E-state index in [0.29, 0.717) is 5.92 Å². The Kier molecular flexibility index (Phi) is 11.7. The number of aromatic hydroxyl groups is 2. The summed E-state index contributed by atoms with van der Waals surface area (Å²) in [6, 6.07) is 22.1. The lowest BCUT2D eigenvalue weighted by Gasteiger charge is -2.17. The quantitative estimate of drug-likeness (QED) is 0.199. The molecule has 9 rings (SSSR count). The van der Waals surface area contributed by atoms with Crippen LogP contribution < -0.4 is 4.74 Å². The van der Waals surface area contributed by atoms with Crippen LogP contribution in [0.2, 0.25) is 0 Å². The Bertz CT molecular complexity index is 2070. The van der Waals surface area contributed by atoms with Gasteiger partial charge in [0.25, 0.3) is 0 Å². The van der Waals surface area contributed by atoms with Crippen molar-refractivity contribution in [1.82, 2.24) is 0 Å². The molecule has 0 amide bonds. The molecule has 0 heterocycles. The Morgan fingerprint density at radius 3 is 1.43 bits per heavy atom. The van der Waals surface area contributed by atoms with Crippen LogP contribution in [0.3, 0.4) is 0 Å². The molecule has 0 saturated heterocycles. The van der Waals surface area contributed by atoms with Gasteiger partial charge in [-0.1, -0.05) is 80.4 Å². The van der Waals surface area contributed by atoms with Crippen molar-refractivity contribution in [2.24, 2.45) is 35.5 Å². The topological polar surface area (TPSA) is 101 Å². The molecular formula is C46H44Br4O6. The molecule has 0 spiro atoms. The van der Waals surface area contributed by atoms with Gasteiger partial charge >= 0.3 is 0 Å². The number of alkyl halides is 2. The molecule has 2 N–H and O–H groups in total. The van der Waals surface area contributed by atoms with Gasteiger partial charge in [0.1, 0.15) is 17.2 Å². The van der Waals surface area contributed by atoms with E-state index in [0.717, 1.165) is 81.1 Å². The first kappa shape index (κ1) is 41.1. The summed E-state index contributed by atoms with van der Waals surface area (Å²) >= 11 is 14.4. The Balaban J connectivity index is 0.000000129. The number of rotatable bonds is 4. The van der Waals surface area contributed by atoms with Gasteiger partial charge in [0, 0.05) is 26.4 Å². The molecule has 3 fully saturated rings. The molecule has 0 bridgehead atoms. The number of hydrogen-bond acceptors (Lipinski definition) is 6. The molecular weight excluding hydrogens is 968 g/mol. The number of carbonyl (C=O) groups excluding carboxylic acids is 3. The number of ether oxygens (including phenoxy) is 1. The van der Waals surface area contributed by atoms with Gasteiger partial charge in [0.2, 0.25) is 0 Å². The highest BCUT2D eigenvalue weighted by Crippen LogP contribution is 2.58. The molecule has 10 heteroatoms. The molecule has 3 aromatic rings. The number of Topliss-reactive ketones (excluding diaryl/α,β-unsaturated/α-hetero) is 2. The van der Waals surface area contributed by atoms with Crippen molar-refractivity contribution in [3.05, 3.63) is 117 Å². The number of allylic oxidation sites excluding steroid dienone is 7. The van der Waals surface area contributed by atoms with Gasteiger partial charge in [0.15, 0.2) is 17.3 Å². The molecule has 8 atom stereocenters. The highest BCUT2D eigenvalue weighted by molar-refractivity contribution is 9.12. The number of benzene rings is 3. The van der Waals surface area contributed by atoms with E-state index in [9.17, 15) is 24.6 Å². The fraction of sp³-hybridized carbons (Fsp3) is 0.370. The first-order valence-electron chi connectivity index (χ1n) is 18.9. The van der Waals surface area contributed by atoms with Gasteiger partial charge in [-0.3, -0.25) is 14.4 Å². The lowest BCUT2D eigenvalue weighted by molar-refractivity contribution is -0.118. The number of ketones is 3. The van der Waals surface area contributed by atoms with Crippen molar-refractivity contribution >= 4 is 97.8 Å². The van der Waals surface area contributed by atoms with Crippen molar-refractivity contribution < 1.29 is 29.3 Å². The lowest BCUT2D eigenvalue weighted by atomic mass is 9.90. The number of methoxy groups -OCH3 is 1. The zero-order chi connectivity index (χ0) is 40.3. The minimum Gasteiger partial charge on any atom is -0.508 e. The van der Waals surface area contributed by atoms with E-state index in [2.05, 4.69) is 84.1 Å². The van der Waals surface area contributed by atoms with Gasteiger partial charge in [-0.15, -0.1) is 0 Å². The van der Waals surface area contributed by atoms with Crippen LogP contribution >= 0.6 is 63.7 Å². The number of phenols is 2. The SMILES string of the molecule is C=C1CC2C(=O)C=C(c3ccc(OC)cc3)C2C1.C[C@@]1(Br)CC2C(c3ccc(O)cc3)=C(Br)C(=O)[C@@H]2C1.C[C@]1(Br)CC2C(c3ccc(O)cc3)=C(Br)C(=O)[C@@H]2C1. The average Bonchev–Trinajstić information content (AvgIpc) is 3.96. The highest BCUT2D eigenvalue weighted by atomic mass is 79.9. The van der Waals surface area contributed by atoms with Gasteiger partial charge in [-0.05, 0) is 178 Å². The smallest absolute Gasteiger partial charge is 0.173 e. The van der Waals surface area contributed by atoms with Crippen LogP contribution in [0.25, 0.3) is 16.7 Å². The molecule has 0 aromatic heterocycles. The maximum atomic E-state index is 12.4. The van der Waals surface area contributed by atoms with Crippen LogP contribution in [0.1, 0.15) is 69.1 Å². The standard InChI is InChI=1S/C16H16O2.2C15H14Br2O2/c1-10-7-14-13(9-16(17)15(14)8-10)11-3-5-12(18-2)6-4-11;2*1-15(17)6-10-11(7-15)14(19)13(16)12(10)8-2-4-9(18)5-3-8/h3-6,9,14-15H,1,7-8H2,2H3;2*2-5,10-11,18H,6-7H2,1H3/t;10?,11-,15+;10?,11-,15-/m.11/s1. The molecule has 3 aromatic carbocycles. The number of halogens is 4. The minimum atomic E-state index is 0.0495. The molecule has 56 heavy (non-hydrogen) atoms. The molecule has 0 aliphatic heterocycles. The molecule has 0 radical (unpaired) electrons. The minimum absolute atomic E-state index is 0.0495. The fourth-order valence-corrected chi connectivity index (χ4v) is 12.7. The predicted molar refractivity (Wildman–Crippen MR) is 236 cm³/mol. The van der Waals surface area contributed by atoms with Crippen LogP contribution in [-0.2, 0) is 14.4 Å². The van der Waals surface area contributed by atoms with Gasteiger partial charge in [-0.2, -0.15) is 0 Å². The summed E-state index contributed by atoms with van der Waals surface area (Å²) in [5, 5.41) is 18.8. The van der Waals surface area contributed by atoms with E-state index in [1.54, 1.807) is 31.4 Å². The number of hydrogen-bond donors (Lipinski definition) is 2. The van der Waals surface area contributed by atoms with E-state index in [1.807, 2.05) is 54.6 Å². The third kappa shape index (κ3) is 8.14. The summed E-state index contributed by atoms with van der Waals surface area (Å²) in [6.45, 7) is 8.33. The summed E-state index contributed by atoms with van der Waals surface area (Å²) in [4.78, 5) is 36.7. The van der Waals surface area contributed by atoms with Crippen molar-refractivity contribution in [3.8, 4) is 17.2 Å². The van der Waals surface area contributed by atoms with Crippen molar-refractivity contribution in [2.45, 2.75) is 61.0 Å².